The molecular weight excluding hydrogens is 444 g/mol. The van der Waals surface area contributed by atoms with E-state index in [0.29, 0.717) is 6.54 Å². The van der Waals surface area contributed by atoms with Gasteiger partial charge in [-0.25, -0.2) is 0 Å². The van der Waals surface area contributed by atoms with Gasteiger partial charge in [0.05, 0.1) is 13.1 Å². The topological polar surface area (TPSA) is 63.2 Å². The lowest BCUT2D eigenvalue weighted by Gasteiger charge is -2.41. The van der Waals surface area contributed by atoms with E-state index in [1.807, 2.05) is 6.07 Å². The van der Waals surface area contributed by atoms with Gasteiger partial charge in [-0.2, -0.15) is 9.59 Å². The molecule has 1 aliphatic rings. The van der Waals surface area contributed by atoms with E-state index in [2.05, 4.69) is 62.5 Å². The zero-order valence-electron chi connectivity index (χ0n) is 18.0. The Morgan fingerprint density at radius 2 is 1.43 bits per heavy atom. The first-order valence-corrected chi connectivity index (χ1v) is 10.2. The number of nitrogens with zero attached hydrogens (tertiary/aromatic N) is 1. The second-order valence-corrected chi connectivity index (χ2v) is 7.99. The lowest BCUT2D eigenvalue weighted by Crippen LogP contribution is -3.00. The molecule has 1 saturated heterocycles. The van der Waals surface area contributed by atoms with Crippen molar-refractivity contribution in [3.63, 3.8) is 0 Å². The van der Waals surface area contributed by atoms with Crippen LogP contribution in [0.1, 0.15) is 41.5 Å². The van der Waals surface area contributed by atoms with Crippen LogP contribution in [-0.4, -0.2) is 36.2 Å². The van der Waals surface area contributed by atoms with Gasteiger partial charge in [0.1, 0.15) is 6.54 Å². The van der Waals surface area contributed by atoms with Crippen molar-refractivity contribution in [2.45, 2.75) is 46.6 Å². The third kappa shape index (κ3) is 7.21. The van der Waals surface area contributed by atoms with Crippen molar-refractivity contribution in [2.24, 2.45) is 0 Å². The third-order valence-electron chi connectivity index (χ3n) is 5.76. The van der Waals surface area contributed by atoms with Crippen molar-refractivity contribution in [1.82, 2.24) is 0 Å². The smallest absolute Gasteiger partial charge is 0.373 e. The van der Waals surface area contributed by atoms with Crippen LogP contribution in [0.2, 0.25) is 0 Å². The number of carbonyl (C=O) groups excluding carboxylic acids is 3. The molecule has 1 N–H and O–H groups in total. The Morgan fingerprint density at radius 1 is 0.900 bits per heavy atom. The van der Waals surface area contributed by atoms with Gasteiger partial charge in [0.2, 0.25) is 0 Å². The first-order chi connectivity index (χ1) is 13.9. The number of anilines is 1. The molecule has 162 valence electrons. The number of aryl methyl sites for hydroxylation is 3. The van der Waals surface area contributed by atoms with Crippen molar-refractivity contribution in [1.29, 1.82) is 0 Å². The van der Waals surface area contributed by atoms with Gasteiger partial charge >= 0.3 is 6.15 Å². The molecule has 1 aliphatic heterocycles. The van der Waals surface area contributed by atoms with E-state index in [-0.39, 0.29) is 29.0 Å². The van der Waals surface area contributed by atoms with Crippen LogP contribution in [0.3, 0.4) is 0 Å². The minimum Gasteiger partial charge on any atom is -1.00 e. The maximum atomic E-state index is 12.9. The number of hydrogen-bond donors (Lipinski definition) is 1. The van der Waals surface area contributed by atoms with Crippen LogP contribution in [0.5, 0.6) is 0 Å². The minimum absolute atomic E-state index is 0. The number of piperidine rings is 1. The van der Waals surface area contributed by atoms with Gasteiger partial charge < -0.3 is 26.8 Å². The summed E-state index contributed by atoms with van der Waals surface area (Å²) in [6.07, 6.45) is 3.96. The summed E-state index contributed by atoms with van der Waals surface area (Å²) >= 11 is 0. The van der Waals surface area contributed by atoms with E-state index < -0.39 is 0 Å². The molecule has 1 heterocycles. The van der Waals surface area contributed by atoms with Crippen molar-refractivity contribution in [3.05, 3.63) is 64.7 Å². The first-order valence-electron chi connectivity index (χ1n) is 10.2. The summed E-state index contributed by atoms with van der Waals surface area (Å²) in [4.78, 5) is 29.2. The first kappa shape index (κ1) is 25.8. The molecule has 0 aliphatic carbocycles. The van der Waals surface area contributed by atoms with Crippen LogP contribution >= 0.6 is 0 Å². The van der Waals surface area contributed by atoms with E-state index in [0.717, 1.165) is 40.9 Å². The normalized spacial score (nSPS) is 14.4. The molecule has 30 heavy (non-hydrogen) atoms. The summed E-state index contributed by atoms with van der Waals surface area (Å²) in [5, 5.41) is 3.20. The average Bonchev–Trinajstić information content (AvgIpc) is 2.68. The molecular formula is C24H31BrN2O3. The third-order valence-corrected chi connectivity index (χ3v) is 5.76. The zero-order valence-corrected chi connectivity index (χ0v) is 19.6. The van der Waals surface area contributed by atoms with E-state index in [4.69, 9.17) is 9.59 Å². The number of rotatable bonds is 5. The summed E-state index contributed by atoms with van der Waals surface area (Å²) in [7, 11) is 0. The summed E-state index contributed by atoms with van der Waals surface area (Å²) < 4.78 is 0.877. The monoisotopic (exact) mass is 474 g/mol. The SMILES string of the molecule is Cc1ccccc1C[N+]1(CC(=O)Nc2c(C)cccc2C)CCCCC1.O=C=O.[Br-]. The van der Waals surface area contributed by atoms with Crippen molar-refractivity contribution < 1.29 is 35.8 Å². The molecule has 0 aromatic heterocycles. The summed E-state index contributed by atoms with van der Waals surface area (Å²) in [5.74, 6) is 0.137. The summed E-state index contributed by atoms with van der Waals surface area (Å²) in [6, 6.07) is 14.7. The highest BCUT2D eigenvalue weighted by molar-refractivity contribution is 5.93. The second kappa shape index (κ2) is 12.4. The Labute approximate surface area is 189 Å². The number of benzene rings is 2. The van der Waals surface area contributed by atoms with Gasteiger partial charge in [0.15, 0.2) is 6.54 Å². The fourth-order valence-electron chi connectivity index (χ4n) is 4.20. The van der Waals surface area contributed by atoms with Gasteiger partial charge in [-0.05, 0) is 56.7 Å². The standard InChI is InChI=1S/C23H30N2O.CO2.BrH/c1-18-10-5-6-13-21(18)16-25(14-7-4-8-15-25)17-22(26)24-23-19(2)11-9-12-20(23)3;2-1-3;/h5-6,9-13H,4,7-8,14-17H2,1-3H3;;1H. The molecule has 0 atom stereocenters. The second-order valence-electron chi connectivity index (χ2n) is 7.99. The fourth-order valence-corrected chi connectivity index (χ4v) is 4.20. The zero-order chi connectivity index (χ0) is 21.3. The van der Waals surface area contributed by atoms with Crippen LogP contribution in [-0.2, 0) is 20.9 Å². The van der Waals surface area contributed by atoms with Crippen molar-refractivity contribution in [3.8, 4) is 0 Å². The maximum Gasteiger partial charge on any atom is 0.373 e. The van der Waals surface area contributed by atoms with Crippen molar-refractivity contribution in [2.75, 3.05) is 25.0 Å². The fraction of sp³-hybridized carbons (Fsp3) is 0.417. The molecule has 0 spiro atoms. The quantitative estimate of drug-likeness (QED) is 0.661. The van der Waals surface area contributed by atoms with E-state index in [1.54, 1.807) is 0 Å². The van der Waals surface area contributed by atoms with E-state index >= 15 is 0 Å². The highest BCUT2D eigenvalue weighted by atomic mass is 79.9. The predicted molar refractivity (Wildman–Crippen MR) is 113 cm³/mol. The average molecular weight is 475 g/mol. The number of carbonyl (C=O) groups is 1. The number of para-hydroxylation sites is 1. The van der Waals surface area contributed by atoms with Gasteiger partial charge in [-0.3, -0.25) is 4.79 Å². The van der Waals surface area contributed by atoms with E-state index in [1.165, 1.54) is 30.4 Å². The molecule has 2 aromatic rings. The number of hydrogen-bond acceptors (Lipinski definition) is 3. The Morgan fingerprint density at radius 3 is 2.00 bits per heavy atom. The molecule has 0 saturated carbocycles. The lowest BCUT2D eigenvalue weighted by molar-refractivity contribution is -0.937. The van der Waals surface area contributed by atoms with Crippen molar-refractivity contribution >= 4 is 17.7 Å². The molecule has 1 amide bonds. The number of halogens is 1. The predicted octanol–water partition coefficient (Wildman–Crippen LogP) is 1.17. The highest BCUT2D eigenvalue weighted by Crippen LogP contribution is 2.25. The van der Waals surface area contributed by atoms with Gasteiger partial charge in [0.25, 0.3) is 5.91 Å². The number of nitrogens with one attached hydrogen (secondary N) is 1. The molecule has 5 nitrogen and oxygen atoms in total. The summed E-state index contributed by atoms with van der Waals surface area (Å²) in [6.45, 7) is 9.98. The summed E-state index contributed by atoms with van der Waals surface area (Å²) in [5.41, 5.74) is 5.92. The van der Waals surface area contributed by atoms with Crippen LogP contribution < -0.4 is 22.3 Å². The molecule has 0 radical (unpaired) electrons. The van der Waals surface area contributed by atoms with Crippen LogP contribution in [0.25, 0.3) is 0 Å². The molecule has 0 bridgehead atoms. The Kier molecular flexibility index (Phi) is 10.7. The number of likely N-dealkylation sites (tertiary alicyclic amines) is 1. The molecule has 6 heteroatoms. The molecule has 2 aromatic carbocycles. The number of quaternary nitrogens is 1. The Hall–Kier alpha value is -2.27. The largest absolute Gasteiger partial charge is 1.00 e. The molecule has 0 unspecified atom stereocenters. The van der Waals surface area contributed by atoms with Gasteiger partial charge in [0, 0.05) is 11.3 Å². The van der Waals surface area contributed by atoms with Gasteiger partial charge in [-0.1, -0.05) is 42.5 Å². The molecule has 3 rings (SSSR count). The van der Waals surface area contributed by atoms with Crippen LogP contribution in [0.15, 0.2) is 42.5 Å². The van der Waals surface area contributed by atoms with E-state index in [9.17, 15) is 4.79 Å². The number of amides is 1. The van der Waals surface area contributed by atoms with Crippen LogP contribution in [0.4, 0.5) is 5.69 Å². The Bertz CT molecular complexity index is 850. The van der Waals surface area contributed by atoms with Gasteiger partial charge in [-0.15, -0.1) is 0 Å². The minimum atomic E-state index is 0. The lowest BCUT2D eigenvalue weighted by atomic mass is 10.0. The Balaban J connectivity index is 0.00000106. The highest BCUT2D eigenvalue weighted by Gasteiger charge is 2.33. The molecule has 1 fully saturated rings. The van der Waals surface area contributed by atoms with Crippen LogP contribution in [0, 0.1) is 20.8 Å². The maximum absolute atomic E-state index is 12.9.